The number of carbonyl (C=O) groups excluding carboxylic acids is 1. The molecule has 1 fully saturated rings. The van der Waals surface area contributed by atoms with Crippen LogP contribution in [0.1, 0.15) is 31.7 Å². The first-order valence-corrected chi connectivity index (χ1v) is 7.31. The quantitative estimate of drug-likeness (QED) is 0.640. The van der Waals surface area contributed by atoms with E-state index >= 15 is 0 Å². The van der Waals surface area contributed by atoms with Gasteiger partial charge in [-0.3, -0.25) is 4.79 Å². The van der Waals surface area contributed by atoms with Crippen LogP contribution < -0.4 is 16.0 Å². The van der Waals surface area contributed by atoms with Crippen molar-refractivity contribution in [1.82, 2.24) is 5.32 Å². The summed E-state index contributed by atoms with van der Waals surface area (Å²) in [5.41, 5.74) is 8.76. The second kappa shape index (κ2) is 6.98. The molecule has 4 heteroatoms. The second-order valence-corrected chi connectivity index (χ2v) is 5.14. The van der Waals surface area contributed by atoms with E-state index in [1.54, 1.807) is 6.08 Å². The Morgan fingerprint density at radius 2 is 2.15 bits per heavy atom. The molecule has 0 bridgehead atoms. The van der Waals surface area contributed by atoms with Gasteiger partial charge >= 0.3 is 0 Å². The molecule has 0 radical (unpaired) electrons. The molecule has 2 rings (SSSR count). The molecular formula is C16H23N3O. The van der Waals surface area contributed by atoms with E-state index in [0.29, 0.717) is 6.54 Å². The predicted molar refractivity (Wildman–Crippen MR) is 84.6 cm³/mol. The average Bonchev–Trinajstić information content (AvgIpc) is 2.97. The third-order valence-corrected chi connectivity index (χ3v) is 3.46. The first kappa shape index (κ1) is 14.4. The molecule has 1 aromatic rings. The molecule has 0 aromatic heterocycles. The lowest BCUT2D eigenvalue weighted by atomic mass is 10.1. The summed E-state index contributed by atoms with van der Waals surface area (Å²) in [6.45, 7) is 4.89. The van der Waals surface area contributed by atoms with Gasteiger partial charge in [-0.05, 0) is 43.5 Å². The predicted octanol–water partition coefficient (Wildman–Crippen LogP) is 2.41. The highest BCUT2D eigenvalue weighted by Gasteiger charge is 2.14. The summed E-state index contributed by atoms with van der Waals surface area (Å²) in [4.78, 5) is 14.0. The summed E-state index contributed by atoms with van der Waals surface area (Å²) in [5.74, 6) is -0.0540. The van der Waals surface area contributed by atoms with Crippen molar-refractivity contribution in [2.75, 3.05) is 30.3 Å². The number of amides is 1. The van der Waals surface area contributed by atoms with Gasteiger partial charge in [0.05, 0.1) is 0 Å². The summed E-state index contributed by atoms with van der Waals surface area (Å²) in [6.07, 6.45) is 6.84. The summed E-state index contributed by atoms with van der Waals surface area (Å²) in [7, 11) is 0. The third kappa shape index (κ3) is 3.76. The number of nitrogens with one attached hydrogen (secondary N) is 1. The molecule has 0 saturated carbocycles. The van der Waals surface area contributed by atoms with E-state index in [0.717, 1.165) is 36.4 Å². The molecule has 1 amide bonds. The Morgan fingerprint density at radius 1 is 1.40 bits per heavy atom. The van der Waals surface area contributed by atoms with Gasteiger partial charge in [-0.1, -0.05) is 6.92 Å². The van der Waals surface area contributed by atoms with Crippen LogP contribution in [-0.4, -0.2) is 25.5 Å². The fourth-order valence-electron chi connectivity index (χ4n) is 2.43. The molecule has 1 heterocycles. The lowest BCUT2D eigenvalue weighted by Gasteiger charge is -2.20. The normalized spacial score (nSPS) is 14.9. The van der Waals surface area contributed by atoms with Crippen molar-refractivity contribution in [3.8, 4) is 0 Å². The van der Waals surface area contributed by atoms with E-state index in [1.807, 2.05) is 31.2 Å². The Balaban J connectivity index is 2.14. The van der Waals surface area contributed by atoms with Crippen molar-refractivity contribution in [1.29, 1.82) is 0 Å². The lowest BCUT2D eigenvalue weighted by molar-refractivity contribution is -0.116. The molecule has 108 valence electrons. The molecule has 1 aromatic carbocycles. The van der Waals surface area contributed by atoms with E-state index in [2.05, 4.69) is 10.2 Å². The van der Waals surface area contributed by atoms with Crippen LogP contribution in [0.5, 0.6) is 0 Å². The zero-order chi connectivity index (χ0) is 14.4. The summed E-state index contributed by atoms with van der Waals surface area (Å²) >= 11 is 0. The summed E-state index contributed by atoms with van der Waals surface area (Å²) in [5, 5.41) is 2.84. The van der Waals surface area contributed by atoms with Gasteiger partial charge in [0, 0.05) is 42.6 Å². The number of carbonyl (C=O) groups is 1. The first-order valence-electron chi connectivity index (χ1n) is 7.31. The highest BCUT2D eigenvalue weighted by Crippen LogP contribution is 2.27. The Kier molecular flexibility index (Phi) is 5.04. The monoisotopic (exact) mass is 273 g/mol. The van der Waals surface area contributed by atoms with E-state index in [9.17, 15) is 4.79 Å². The minimum atomic E-state index is -0.0540. The van der Waals surface area contributed by atoms with Crippen LogP contribution in [0, 0.1) is 0 Å². The molecular weight excluding hydrogens is 250 g/mol. The SMILES string of the molecule is CCCNC(=O)/C=C/c1cc(N)ccc1N1CCCC1. The summed E-state index contributed by atoms with van der Waals surface area (Å²) < 4.78 is 0. The van der Waals surface area contributed by atoms with Crippen molar-refractivity contribution in [2.24, 2.45) is 0 Å². The van der Waals surface area contributed by atoms with E-state index in [-0.39, 0.29) is 5.91 Å². The smallest absolute Gasteiger partial charge is 0.244 e. The number of rotatable bonds is 5. The molecule has 0 spiro atoms. The van der Waals surface area contributed by atoms with Crippen molar-refractivity contribution in [3.63, 3.8) is 0 Å². The highest BCUT2D eigenvalue weighted by atomic mass is 16.1. The molecule has 1 saturated heterocycles. The number of hydrogen-bond donors (Lipinski definition) is 2. The molecule has 3 N–H and O–H groups in total. The van der Waals surface area contributed by atoms with Gasteiger partial charge in [-0.15, -0.1) is 0 Å². The van der Waals surface area contributed by atoms with Crippen LogP contribution in [0.15, 0.2) is 24.3 Å². The lowest BCUT2D eigenvalue weighted by Crippen LogP contribution is -2.21. The van der Waals surface area contributed by atoms with E-state index in [4.69, 9.17) is 5.73 Å². The molecule has 0 unspecified atom stereocenters. The molecule has 20 heavy (non-hydrogen) atoms. The van der Waals surface area contributed by atoms with Crippen LogP contribution in [0.3, 0.4) is 0 Å². The van der Waals surface area contributed by atoms with Crippen LogP contribution in [0.25, 0.3) is 6.08 Å². The van der Waals surface area contributed by atoms with Crippen LogP contribution >= 0.6 is 0 Å². The highest BCUT2D eigenvalue weighted by molar-refractivity contribution is 5.93. The molecule has 1 aliphatic heterocycles. The number of anilines is 2. The number of nitrogen functional groups attached to an aromatic ring is 1. The fourth-order valence-corrected chi connectivity index (χ4v) is 2.43. The fraction of sp³-hybridized carbons (Fsp3) is 0.438. The van der Waals surface area contributed by atoms with Gasteiger partial charge in [0.15, 0.2) is 0 Å². The number of benzene rings is 1. The van der Waals surface area contributed by atoms with Gasteiger partial charge in [0.1, 0.15) is 0 Å². The minimum absolute atomic E-state index is 0.0540. The van der Waals surface area contributed by atoms with Crippen LogP contribution in [-0.2, 0) is 4.79 Å². The topological polar surface area (TPSA) is 58.4 Å². The van der Waals surface area contributed by atoms with Gasteiger partial charge in [-0.25, -0.2) is 0 Å². The van der Waals surface area contributed by atoms with Crippen molar-refractivity contribution in [2.45, 2.75) is 26.2 Å². The summed E-state index contributed by atoms with van der Waals surface area (Å²) in [6, 6.07) is 5.89. The van der Waals surface area contributed by atoms with E-state index < -0.39 is 0 Å². The maximum absolute atomic E-state index is 11.7. The largest absolute Gasteiger partial charge is 0.399 e. The maximum Gasteiger partial charge on any atom is 0.244 e. The minimum Gasteiger partial charge on any atom is -0.399 e. The molecule has 0 atom stereocenters. The van der Waals surface area contributed by atoms with Crippen LogP contribution in [0.2, 0.25) is 0 Å². The number of nitrogens with two attached hydrogens (primary N) is 1. The number of hydrogen-bond acceptors (Lipinski definition) is 3. The Hall–Kier alpha value is -1.97. The third-order valence-electron chi connectivity index (χ3n) is 3.46. The first-order chi connectivity index (χ1) is 9.70. The Labute approximate surface area is 120 Å². The standard InChI is InChI=1S/C16H23N3O/c1-2-9-18-16(20)8-5-13-12-14(17)6-7-15(13)19-10-3-4-11-19/h5-8,12H,2-4,9-11,17H2,1H3,(H,18,20)/b8-5+. The van der Waals surface area contributed by atoms with E-state index in [1.165, 1.54) is 12.8 Å². The van der Waals surface area contributed by atoms with Gasteiger partial charge in [-0.2, -0.15) is 0 Å². The Bertz CT molecular complexity index is 490. The molecule has 4 nitrogen and oxygen atoms in total. The second-order valence-electron chi connectivity index (χ2n) is 5.14. The average molecular weight is 273 g/mol. The van der Waals surface area contributed by atoms with Gasteiger partial charge in [0.2, 0.25) is 5.91 Å². The molecule has 1 aliphatic rings. The maximum atomic E-state index is 11.7. The number of nitrogens with zero attached hydrogens (tertiary/aromatic N) is 1. The zero-order valence-corrected chi connectivity index (χ0v) is 12.1. The Morgan fingerprint density at radius 3 is 2.85 bits per heavy atom. The van der Waals surface area contributed by atoms with Gasteiger partial charge < -0.3 is 16.0 Å². The zero-order valence-electron chi connectivity index (χ0n) is 12.1. The molecule has 0 aliphatic carbocycles. The van der Waals surface area contributed by atoms with Crippen molar-refractivity contribution >= 4 is 23.4 Å². The van der Waals surface area contributed by atoms with Gasteiger partial charge in [0.25, 0.3) is 0 Å². The van der Waals surface area contributed by atoms with Crippen LogP contribution in [0.4, 0.5) is 11.4 Å². The van der Waals surface area contributed by atoms with Crippen molar-refractivity contribution in [3.05, 3.63) is 29.8 Å². The van der Waals surface area contributed by atoms with Crippen molar-refractivity contribution < 1.29 is 4.79 Å².